The van der Waals surface area contributed by atoms with Gasteiger partial charge in [-0.1, -0.05) is 41.9 Å². The Morgan fingerprint density at radius 1 is 1.17 bits per heavy atom. The number of halogens is 1. The van der Waals surface area contributed by atoms with Crippen LogP contribution < -0.4 is 10.7 Å². The van der Waals surface area contributed by atoms with Crippen LogP contribution in [0.1, 0.15) is 18.5 Å². The molecule has 0 radical (unpaired) electrons. The molecule has 24 heavy (non-hydrogen) atoms. The highest BCUT2D eigenvalue weighted by molar-refractivity contribution is 6.31. The van der Waals surface area contributed by atoms with E-state index in [1.54, 1.807) is 29.0 Å². The van der Waals surface area contributed by atoms with Gasteiger partial charge in [0.2, 0.25) is 5.91 Å². The molecule has 0 saturated carbocycles. The van der Waals surface area contributed by atoms with Gasteiger partial charge in [0.25, 0.3) is 0 Å². The SMILES string of the molecule is C[C@@H](NC(=O)Cn1ccc(=O)c2cc(Cl)ccc21)c1ccccc1. The second-order valence-corrected chi connectivity index (χ2v) is 6.11. The van der Waals surface area contributed by atoms with E-state index < -0.39 is 0 Å². The number of aromatic nitrogens is 1. The molecular weight excluding hydrogens is 324 g/mol. The average Bonchev–Trinajstić information content (AvgIpc) is 2.58. The van der Waals surface area contributed by atoms with E-state index in [4.69, 9.17) is 11.6 Å². The minimum atomic E-state index is -0.119. The molecule has 0 aliphatic carbocycles. The lowest BCUT2D eigenvalue weighted by atomic mass is 10.1. The standard InChI is InChI=1S/C19H17ClN2O2/c1-13(14-5-3-2-4-6-14)21-19(24)12-22-10-9-18(23)16-11-15(20)7-8-17(16)22/h2-11,13H,12H2,1H3,(H,21,24)/t13-/m1/s1. The smallest absolute Gasteiger partial charge is 0.240 e. The first kappa shape index (κ1) is 16.3. The molecule has 0 bridgehead atoms. The summed E-state index contributed by atoms with van der Waals surface area (Å²) >= 11 is 5.96. The maximum atomic E-state index is 12.4. The van der Waals surface area contributed by atoms with Crippen LogP contribution in [0.4, 0.5) is 0 Å². The van der Waals surface area contributed by atoms with Gasteiger partial charge in [-0.3, -0.25) is 9.59 Å². The fourth-order valence-electron chi connectivity index (χ4n) is 2.69. The minimum Gasteiger partial charge on any atom is -0.348 e. The third kappa shape index (κ3) is 3.49. The van der Waals surface area contributed by atoms with Crippen LogP contribution in [0.25, 0.3) is 10.9 Å². The number of hydrogen-bond acceptors (Lipinski definition) is 2. The second kappa shape index (κ2) is 6.89. The van der Waals surface area contributed by atoms with Crippen LogP contribution in [0.3, 0.4) is 0 Å². The van der Waals surface area contributed by atoms with Crippen LogP contribution in [-0.2, 0) is 11.3 Å². The lowest BCUT2D eigenvalue weighted by Gasteiger charge is -2.16. The van der Waals surface area contributed by atoms with E-state index in [0.717, 1.165) is 5.56 Å². The normalized spacial score (nSPS) is 12.1. The van der Waals surface area contributed by atoms with Gasteiger partial charge in [0.15, 0.2) is 5.43 Å². The van der Waals surface area contributed by atoms with Crippen molar-refractivity contribution < 1.29 is 4.79 Å². The molecule has 0 fully saturated rings. The van der Waals surface area contributed by atoms with Gasteiger partial charge in [0, 0.05) is 22.7 Å². The van der Waals surface area contributed by atoms with E-state index >= 15 is 0 Å². The van der Waals surface area contributed by atoms with Gasteiger partial charge in [0.05, 0.1) is 11.6 Å². The van der Waals surface area contributed by atoms with Crippen molar-refractivity contribution in [2.45, 2.75) is 19.5 Å². The predicted molar refractivity (Wildman–Crippen MR) is 96.2 cm³/mol. The largest absolute Gasteiger partial charge is 0.348 e. The predicted octanol–water partition coefficient (Wildman–Crippen LogP) is 3.53. The van der Waals surface area contributed by atoms with Gasteiger partial charge >= 0.3 is 0 Å². The van der Waals surface area contributed by atoms with Crippen LogP contribution in [0.2, 0.25) is 5.02 Å². The summed E-state index contributed by atoms with van der Waals surface area (Å²) in [5.74, 6) is -0.119. The summed E-state index contributed by atoms with van der Waals surface area (Å²) in [7, 11) is 0. The van der Waals surface area contributed by atoms with Crippen LogP contribution in [0.15, 0.2) is 65.6 Å². The summed E-state index contributed by atoms with van der Waals surface area (Å²) in [6.45, 7) is 2.08. The van der Waals surface area contributed by atoms with Gasteiger partial charge < -0.3 is 9.88 Å². The molecule has 3 aromatic rings. The summed E-state index contributed by atoms with van der Waals surface area (Å²) < 4.78 is 1.75. The minimum absolute atomic E-state index is 0.0845. The Hall–Kier alpha value is -2.59. The highest BCUT2D eigenvalue weighted by Crippen LogP contribution is 2.17. The van der Waals surface area contributed by atoms with Crippen molar-refractivity contribution in [3.05, 3.63) is 81.6 Å². The molecule has 1 amide bonds. The molecule has 0 saturated heterocycles. The molecule has 0 spiro atoms. The number of fused-ring (bicyclic) bond motifs is 1. The fraction of sp³-hybridized carbons (Fsp3) is 0.158. The number of pyridine rings is 1. The lowest BCUT2D eigenvalue weighted by Crippen LogP contribution is -2.30. The number of nitrogens with zero attached hydrogens (tertiary/aromatic N) is 1. The van der Waals surface area contributed by atoms with Crippen LogP contribution in [0.5, 0.6) is 0 Å². The lowest BCUT2D eigenvalue weighted by molar-refractivity contribution is -0.122. The molecule has 1 aromatic heterocycles. The number of hydrogen-bond donors (Lipinski definition) is 1. The Kier molecular flexibility index (Phi) is 4.67. The van der Waals surface area contributed by atoms with Crippen LogP contribution in [0, 0.1) is 0 Å². The molecule has 2 aromatic carbocycles. The maximum Gasteiger partial charge on any atom is 0.240 e. The van der Waals surface area contributed by atoms with E-state index in [2.05, 4.69) is 5.32 Å². The topological polar surface area (TPSA) is 51.1 Å². The number of carbonyl (C=O) groups is 1. The first-order valence-electron chi connectivity index (χ1n) is 7.67. The van der Waals surface area contributed by atoms with Crippen molar-refractivity contribution in [2.24, 2.45) is 0 Å². The summed E-state index contributed by atoms with van der Waals surface area (Å²) in [6.07, 6.45) is 1.63. The number of benzene rings is 2. The zero-order valence-corrected chi connectivity index (χ0v) is 14.0. The highest BCUT2D eigenvalue weighted by atomic mass is 35.5. The second-order valence-electron chi connectivity index (χ2n) is 5.67. The molecule has 4 nitrogen and oxygen atoms in total. The number of carbonyl (C=O) groups excluding carboxylic acids is 1. The summed E-state index contributed by atoms with van der Waals surface area (Å²) in [5, 5.41) is 3.98. The zero-order valence-electron chi connectivity index (χ0n) is 13.2. The summed E-state index contributed by atoms with van der Waals surface area (Å²) in [6, 6.07) is 16.2. The Morgan fingerprint density at radius 3 is 2.67 bits per heavy atom. The van der Waals surface area contributed by atoms with Crippen molar-refractivity contribution in [2.75, 3.05) is 0 Å². The molecule has 1 N–H and O–H groups in total. The van der Waals surface area contributed by atoms with Gasteiger partial charge in [-0.2, -0.15) is 0 Å². The Bertz CT molecular complexity index is 935. The maximum absolute atomic E-state index is 12.4. The number of amides is 1. The van der Waals surface area contributed by atoms with Crippen molar-refractivity contribution >= 4 is 28.4 Å². The third-order valence-electron chi connectivity index (χ3n) is 3.93. The monoisotopic (exact) mass is 340 g/mol. The quantitative estimate of drug-likeness (QED) is 0.790. The Morgan fingerprint density at radius 2 is 1.92 bits per heavy atom. The van der Waals surface area contributed by atoms with E-state index in [1.807, 2.05) is 37.3 Å². The Labute approximate surface area is 144 Å². The highest BCUT2D eigenvalue weighted by Gasteiger charge is 2.11. The fourth-order valence-corrected chi connectivity index (χ4v) is 2.86. The third-order valence-corrected chi connectivity index (χ3v) is 4.17. The molecule has 3 rings (SSSR count). The summed E-state index contributed by atoms with van der Waals surface area (Å²) in [4.78, 5) is 24.3. The molecular formula is C19H17ClN2O2. The van der Waals surface area contributed by atoms with E-state index in [0.29, 0.717) is 15.9 Å². The van der Waals surface area contributed by atoms with Gasteiger partial charge in [-0.15, -0.1) is 0 Å². The molecule has 5 heteroatoms. The molecule has 0 unspecified atom stereocenters. The molecule has 122 valence electrons. The van der Waals surface area contributed by atoms with Crippen molar-refractivity contribution in [1.82, 2.24) is 9.88 Å². The van der Waals surface area contributed by atoms with Crippen molar-refractivity contribution in [3.63, 3.8) is 0 Å². The Balaban J connectivity index is 1.81. The van der Waals surface area contributed by atoms with E-state index in [1.165, 1.54) is 6.07 Å². The van der Waals surface area contributed by atoms with Crippen molar-refractivity contribution in [1.29, 1.82) is 0 Å². The first-order chi connectivity index (χ1) is 11.5. The van der Waals surface area contributed by atoms with E-state index in [9.17, 15) is 9.59 Å². The number of rotatable bonds is 4. The van der Waals surface area contributed by atoms with Gasteiger partial charge in [-0.25, -0.2) is 0 Å². The molecule has 0 aliphatic rings. The van der Waals surface area contributed by atoms with Crippen molar-refractivity contribution in [3.8, 4) is 0 Å². The summed E-state index contributed by atoms with van der Waals surface area (Å²) in [5.41, 5.74) is 1.62. The molecule has 1 atom stereocenters. The van der Waals surface area contributed by atoms with Gasteiger partial charge in [-0.05, 0) is 30.7 Å². The van der Waals surface area contributed by atoms with E-state index in [-0.39, 0.29) is 23.9 Å². The van der Waals surface area contributed by atoms with Crippen LogP contribution >= 0.6 is 11.6 Å². The first-order valence-corrected chi connectivity index (χ1v) is 8.05. The van der Waals surface area contributed by atoms with Crippen LogP contribution in [-0.4, -0.2) is 10.5 Å². The van der Waals surface area contributed by atoms with Gasteiger partial charge in [0.1, 0.15) is 6.54 Å². The molecule has 1 heterocycles. The average molecular weight is 341 g/mol. The molecule has 0 aliphatic heterocycles. The number of nitrogens with one attached hydrogen (secondary N) is 1. The zero-order chi connectivity index (χ0) is 17.1.